The van der Waals surface area contributed by atoms with Crippen molar-refractivity contribution in [1.82, 2.24) is 15.6 Å². The maximum Gasteiger partial charge on any atom is 0.263 e. The van der Waals surface area contributed by atoms with Gasteiger partial charge in [-0.1, -0.05) is 19.4 Å². The monoisotopic (exact) mass is 316 g/mol. The highest BCUT2D eigenvalue weighted by molar-refractivity contribution is 5.97. The first-order valence-electron chi connectivity index (χ1n) is 7.86. The molecule has 1 aromatic heterocycles. The number of nitriles is 1. The fourth-order valence-electron chi connectivity index (χ4n) is 1.74. The van der Waals surface area contributed by atoms with Crippen LogP contribution in [0.4, 0.5) is 0 Å². The van der Waals surface area contributed by atoms with Gasteiger partial charge in [0, 0.05) is 44.9 Å². The van der Waals surface area contributed by atoms with Crippen LogP contribution in [0.5, 0.6) is 0 Å². The molecular weight excluding hydrogens is 292 g/mol. The quantitative estimate of drug-likeness (QED) is 0.370. The molecule has 6 nitrogen and oxygen atoms in total. The molecule has 23 heavy (non-hydrogen) atoms. The summed E-state index contributed by atoms with van der Waals surface area (Å²) >= 11 is 0. The van der Waals surface area contributed by atoms with E-state index in [2.05, 4.69) is 22.5 Å². The van der Waals surface area contributed by atoms with Gasteiger partial charge in [0.25, 0.3) is 5.91 Å². The Morgan fingerprint density at radius 3 is 2.96 bits per heavy atom. The maximum atomic E-state index is 11.9. The molecule has 0 bridgehead atoms. The van der Waals surface area contributed by atoms with Gasteiger partial charge in [0.2, 0.25) is 0 Å². The fourth-order valence-corrected chi connectivity index (χ4v) is 1.74. The number of amides is 1. The van der Waals surface area contributed by atoms with Crippen LogP contribution in [0.25, 0.3) is 0 Å². The van der Waals surface area contributed by atoms with Crippen LogP contribution in [0, 0.1) is 11.3 Å². The second kappa shape index (κ2) is 12.2. The van der Waals surface area contributed by atoms with Crippen LogP contribution in [0.1, 0.15) is 31.7 Å². The number of nitrogens with zero attached hydrogens (tertiary/aromatic N) is 2. The highest BCUT2D eigenvalue weighted by atomic mass is 16.5. The van der Waals surface area contributed by atoms with E-state index in [1.54, 1.807) is 12.4 Å². The van der Waals surface area contributed by atoms with E-state index in [0.29, 0.717) is 19.7 Å². The molecule has 0 fully saturated rings. The second-order valence-corrected chi connectivity index (χ2v) is 4.99. The number of hydrogen-bond acceptors (Lipinski definition) is 5. The maximum absolute atomic E-state index is 11.9. The number of ether oxygens (including phenoxy) is 1. The minimum absolute atomic E-state index is 0.0563. The van der Waals surface area contributed by atoms with Crippen LogP contribution < -0.4 is 10.6 Å². The summed E-state index contributed by atoms with van der Waals surface area (Å²) in [5.74, 6) is -0.375. The van der Waals surface area contributed by atoms with Crippen LogP contribution in [0.2, 0.25) is 0 Å². The lowest BCUT2D eigenvalue weighted by atomic mass is 10.2. The van der Waals surface area contributed by atoms with Crippen LogP contribution in [0.15, 0.2) is 36.3 Å². The zero-order chi connectivity index (χ0) is 16.8. The first kappa shape index (κ1) is 18.7. The van der Waals surface area contributed by atoms with Gasteiger partial charge in [0.15, 0.2) is 0 Å². The predicted molar refractivity (Wildman–Crippen MR) is 88.1 cm³/mol. The van der Waals surface area contributed by atoms with Crippen molar-refractivity contribution in [2.75, 3.05) is 19.8 Å². The van der Waals surface area contributed by atoms with E-state index in [1.165, 1.54) is 6.20 Å². The zero-order valence-electron chi connectivity index (χ0n) is 13.5. The van der Waals surface area contributed by atoms with Gasteiger partial charge < -0.3 is 15.4 Å². The molecule has 6 heteroatoms. The SMILES string of the molecule is CCCCOCCCNC(=O)/C(C#N)=C\NCc1cccnc1. The highest BCUT2D eigenvalue weighted by Crippen LogP contribution is 1.96. The van der Waals surface area contributed by atoms with Crippen molar-refractivity contribution in [2.45, 2.75) is 32.7 Å². The molecule has 0 spiro atoms. The number of carbonyl (C=O) groups excluding carboxylic acids is 1. The van der Waals surface area contributed by atoms with Crippen LogP contribution in [-0.4, -0.2) is 30.6 Å². The normalized spacial score (nSPS) is 10.9. The molecule has 0 saturated carbocycles. The number of carbonyl (C=O) groups is 1. The third-order valence-corrected chi connectivity index (χ3v) is 3.03. The molecule has 0 aliphatic rings. The first-order valence-corrected chi connectivity index (χ1v) is 7.86. The van der Waals surface area contributed by atoms with Gasteiger partial charge in [-0.05, 0) is 24.5 Å². The van der Waals surface area contributed by atoms with E-state index in [-0.39, 0.29) is 11.5 Å². The Kier molecular flexibility index (Phi) is 9.88. The van der Waals surface area contributed by atoms with Gasteiger partial charge in [-0.3, -0.25) is 9.78 Å². The molecule has 0 unspecified atom stereocenters. The average Bonchev–Trinajstić information content (AvgIpc) is 2.58. The van der Waals surface area contributed by atoms with Gasteiger partial charge in [-0.15, -0.1) is 0 Å². The smallest absolute Gasteiger partial charge is 0.263 e. The number of rotatable bonds is 11. The largest absolute Gasteiger partial charge is 0.386 e. The summed E-state index contributed by atoms with van der Waals surface area (Å²) in [6.45, 7) is 4.49. The van der Waals surface area contributed by atoms with E-state index in [4.69, 9.17) is 10.00 Å². The lowest BCUT2D eigenvalue weighted by molar-refractivity contribution is -0.117. The van der Waals surface area contributed by atoms with Crippen molar-refractivity contribution in [1.29, 1.82) is 5.26 Å². The minimum Gasteiger partial charge on any atom is -0.386 e. The van der Waals surface area contributed by atoms with Gasteiger partial charge in [0.05, 0.1) is 0 Å². The molecule has 1 rings (SSSR count). The summed E-state index contributed by atoms with van der Waals surface area (Å²) in [6, 6.07) is 5.65. The van der Waals surface area contributed by atoms with Crippen molar-refractivity contribution in [3.05, 3.63) is 41.9 Å². The molecule has 1 amide bonds. The van der Waals surface area contributed by atoms with E-state index in [9.17, 15) is 4.79 Å². The molecule has 0 aliphatic carbocycles. The first-order chi connectivity index (χ1) is 11.3. The number of pyridine rings is 1. The topological polar surface area (TPSA) is 87.0 Å². The third-order valence-electron chi connectivity index (χ3n) is 3.03. The number of nitrogens with one attached hydrogen (secondary N) is 2. The minimum atomic E-state index is -0.375. The van der Waals surface area contributed by atoms with Crippen LogP contribution in [0.3, 0.4) is 0 Å². The standard InChI is InChI=1S/C17H24N4O2/c1-2-3-9-23-10-5-8-21-17(22)16(11-18)14-20-13-15-6-4-7-19-12-15/h4,6-7,12,14,20H,2-3,5,8-10,13H2,1H3,(H,21,22)/b16-14-. The molecule has 2 N–H and O–H groups in total. The summed E-state index contributed by atoms with van der Waals surface area (Å²) in [4.78, 5) is 15.9. The van der Waals surface area contributed by atoms with Gasteiger partial charge >= 0.3 is 0 Å². The second-order valence-electron chi connectivity index (χ2n) is 4.99. The molecule has 0 atom stereocenters. The van der Waals surface area contributed by atoms with Crippen molar-refractivity contribution < 1.29 is 9.53 Å². The fraction of sp³-hybridized carbons (Fsp3) is 0.471. The Hall–Kier alpha value is -2.39. The Morgan fingerprint density at radius 2 is 2.26 bits per heavy atom. The Bertz CT molecular complexity index is 523. The van der Waals surface area contributed by atoms with Crippen LogP contribution >= 0.6 is 0 Å². The lowest BCUT2D eigenvalue weighted by Gasteiger charge is -2.06. The summed E-state index contributed by atoms with van der Waals surface area (Å²) in [6.07, 6.45) is 7.75. The molecular formula is C17H24N4O2. The average molecular weight is 316 g/mol. The molecule has 0 radical (unpaired) electrons. The zero-order valence-corrected chi connectivity index (χ0v) is 13.5. The third kappa shape index (κ3) is 8.59. The molecule has 0 aromatic carbocycles. The van der Waals surface area contributed by atoms with E-state index in [0.717, 1.165) is 31.4 Å². The number of aromatic nitrogens is 1. The number of unbranched alkanes of at least 4 members (excludes halogenated alkanes) is 1. The van der Waals surface area contributed by atoms with E-state index in [1.807, 2.05) is 18.2 Å². The van der Waals surface area contributed by atoms with E-state index < -0.39 is 0 Å². The van der Waals surface area contributed by atoms with E-state index >= 15 is 0 Å². The Morgan fingerprint density at radius 1 is 1.43 bits per heavy atom. The van der Waals surface area contributed by atoms with Crippen LogP contribution in [-0.2, 0) is 16.1 Å². The van der Waals surface area contributed by atoms with Gasteiger partial charge in [0.1, 0.15) is 11.6 Å². The molecule has 124 valence electrons. The lowest BCUT2D eigenvalue weighted by Crippen LogP contribution is -2.27. The summed E-state index contributed by atoms with van der Waals surface area (Å²) in [7, 11) is 0. The highest BCUT2D eigenvalue weighted by Gasteiger charge is 2.07. The molecule has 1 heterocycles. The summed E-state index contributed by atoms with van der Waals surface area (Å²) < 4.78 is 5.41. The van der Waals surface area contributed by atoms with Gasteiger partial charge in [-0.2, -0.15) is 5.26 Å². The summed E-state index contributed by atoms with van der Waals surface area (Å²) in [5.41, 5.74) is 1.03. The molecule has 0 saturated heterocycles. The van der Waals surface area contributed by atoms with Crippen molar-refractivity contribution in [3.63, 3.8) is 0 Å². The van der Waals surface area contributed by atoms with Crippen molar-refractivity contribution in [3.8, 4) is 6.07 Å². The van der Waals surface area contributed by atoms with Crippen molar-refractivity contribution >= 4 is 5.91 Å². The van der Waals surface area contributed by atoms with Gasteiger partial charge in [-0.25, -0.2) is 0 Å². The molecule has 1 aromatic rings. The Labute approximate surface area is 137 Å². The van der Waals surface area contributed by atoms with Crippen molar-refractivity contribution in [2.24, 2.45) is 0 Å². The number of hydrogen-bond donors (Lipinski definition) is 2. The Balaban J connectivity index is 2.23. The predicted octanol–water partition coefficient (Wildman–Crippen LogP) is 1.90. The summed E-state index contributed by atoms with van der Waals surface area (Å²) in [5, 5.41) is 14.7. The molecule has 0 aliphatic heterocycles.